The lowest BCUT2D eigenvalue weighted by molar-refractivity contribution is -0.0562. The van der Waals surface area contributed by atoms with Gasteiger partial charge in [0.1, 0.15) is 18.2 Å². The Morgan fingerprint density at radius 1 is 0.789 bits per heavy atom. The van der Waals surface area contributed by atoms with E-state index >= 15 is 0 Å². The molecule has 1 saturated carbocycles. The third-order valence-corrected chi connectivity index (χ3v) is 6.65. The van der Waals surface area contributed by atoms with E-state index in [0.29, 0.717) is 23.8 Å². The molecule has 8 nitrogen and oxygen atoms in total. The molecule has 8 heteroatoms. The zero-order valence-electron chi connectivity index (χ0n) is 21.3. The fraction of sp³-hybridized carbons (Fsp3) is 0.300. The lowest BCUT2D eigenvalue weighted by Crippen LogP contribution is -2.40. The maximum atomic E-state index is 13.1. The standard InChI is InChI=1S/C30H30N2O6/c1-32(2)30-31-24-25(38-30)23(19-35-18-20-12-6-3-7-13-20)26(36-28(33)21-14-8-4-9-15-21)27(24)37-29(34)22-16-10-5-11-17-22/h3-17,23-27H,18-19H2,1-2H3/t23-,24-,25-,26+,27+/m0/s1. The molecule has 0 spiro atoms. The predicted octanol–water partition coefficient (Wildman–Crippen LogP) is 3.97. The maximum Gasteiger partial charge on any atom is 0.338 e. The molecule has 38 heavy (non-hydrogen) atoms. The second-order valence-corrected chi connectivity index (χ2v) is 9.52. The molecular weight excluding hydrogens is 484 g/mol. The number of carbonyl (C=O) groups excluding carboxylic acids is 2. The van der Waals surface area contributed by atoms with Crippen molar-refractivity contribution < 1.29 is 28.5 Å². The van der Waals surface area contributed by atoms with Gasteiger partial charge in [0, 0.05) is 14.1 Å². The second kappa shape index (κ2) is 11.5. The van der Waals surface area contributed by atoms with Crippen LogP contribution >= 0.6 is 0 Å². The number of amidine groups is 1. The Kier molecular flexibility index (Phi) is 7.70. The Morgan fingerprint density at radius 2 is 1.32 bits per heavy atom. The van der Waals surface area contributed by atoms with Crippen molar-refractivity contribution in [1.29, 1.82) is 0 Å². The topological polar surface area (TPSA) is 86.7 Å². The molecule has 1 aliphatic carbocycles. The molecule has 0 amide bonds. The molecule has 2 aliphatic rings. The molecule has 0 unspecified atom stereocenters. The highest BCUT2D eigenvalue weighted by molar-refractivity contribution is 5.90. The van der Waals surface area contributed by atoms with Crippen LogP contribution in [0.5, 0.6) is 0 Å². The minimum absolute atomic E-state index is 0.221. The van der Waals surface area contributed by atoms with Crippen LogP contribution in [0.4, 0.5) is 0 Å². The van der Waals surface area contributed by atoms with Gasteiger partial charge in [-0.3, -0.25) is 0 Å². The molecular formula is C30H30N2O6. The maximum absolute atomic E-state index is 13.1. The van der Waals surface area contributed by atoms with Crippen molar-refractivity contribution >= 4 is 18.0 Å². The van der Waals surface area contributed by atoms with Gasteiger partial charge in [0.05, 0.1) is 30.3 Å². The average Bonchev–Trinajstić information content (AvgIpc) is 3.49. The molecule has 1 heterocycles. The van der Waals surface area contributed by atoms with Crippen LogP contribution in [0.1, 0.15) is 26.3 Å². The summed E-state index contributed by atoms with van der Waals surface area (Å²) in [7, 11) is 3.66. The summed E-state index contributed by atoms with van der Waals surface area (Å²) >= 11 is 0. The van der Waals surface area contributed by atoms with E-state index in [1.165, 1.54) is 0 Å². The van der Waals surface area contributed by atoms with Crippen molar-refractivity contribution in [2.75, 3.05) is 20.7 Å². The van der Waals surface area contributed by atoms with Gasteiger partial charge in [-0.2, -0.15) is 0 Å². The number of fused-ring (bicyclic) bond motifs is 1. The van der Waals surface area contributed by atoms with Crippen molar-refractivity contribution in [3.8, 4) is 0 Å². The Labute approximate surface area is 221 Å². The zero-order valence-corrected chi connectivity index (χ0v) is 21.3. The summed E-state index contributed by atoms with van der Waals surface area (Å²) in [4.78, 5) is 32.8. The number of rotatable bonds is 8. The molecule has 5 rings (SSSR count). The van der Waals surface area contributed by atoms with Gasteiger partial charge in [-0.05, 0) is 29.8 Å². The van der Waals surface area contributed by atoms with Gasteiger partial charge in [0.25, 0.3) is 6.02 Å². The number of benzene rings is 3. The van der Waals surface area contributed by atoms with Crippen LogP contribution in [0.3, 0.4) is 0 Å². The van der Waals surface area contributed by atoms with Crippen LogP contribution in [0.25, 0.3) is 0 Å². The molecule has 0 aromatic heterocycles. The van der Waals surface area contributed by atoms with Gasteiger partial charge in [0.2, 0.25) is 0 Å². The number of esters is 2. The van der Waals surface area contributed by atoms with Gasteiger partial charge in [-0.15, -0.1) is 0 Å². The molecule has 1 aliphatic heterocycles. The third-order valence-electron chi connectivity index (χ3n) is 6.65. The minimum Gasteiger partial charge on any atom is -0.459 e. The van der Waals surface area contributed by atoms with Crippen LogP contribution in [0.15, 0.2) is 96.0 Å². The predicted molar refractivity (Wildman–Crippen MR) is 141 cm³/mol. The highest BCUT2D eigenvalue weighted by Gasteiger charge is 2.59. The van der Waals surface area contributed by atoms with Crippen LogP contribution in [0.2, 0.25) is 0 Å². The Morgan fingerprint density at radius 3 is 1.87 bits per heavy atom. The molecule has 196 valence electrons. The molecule has 0 N–H and O–H groups in total. The summed E-state index contributed by atoms with van der Waals surface area (Å²) in [5.74, 6) is -1.46. The van der Waals surface area contributed by atoms with E-state index in [1.807, 2.05) is 56.6 Å². The highest BCUT2D eigenvalue weighted by atomic mass is 16.6. The van der Waals surface area contributed by atoms with E-state index in [9.17, 15) is 9.59 Å². The largest absolute Gasteiger partial charge is 0.459 e. The van der Waals surface area contributed by atoms with E-state index in [-0.39, 0.29) is 6.61 Å². The van der Waals surface area contributed by atoms with Crippen molar-refractivity contribution in [3.05, 3.63) is 108 Å². The van der Waals surface area contributed by atoms with Crippen molar-refractivity contribution in [1.82, 2.24) is 4.90 Å². The van der Waals surface area contributed by atoms with Gasteiger partial charge in [-0.1, -0.05) is 66.7 Å². The molecule has 0 radical (unpaired) electrons. The lowest BCUT2D eigenvalue weighted by Gasteiger charge is -2.27. The van der Waals surface area contributed by atoms with Crippen molar-refractivity contribution in [3.63, 3.8) is 0 Å². The number of carbonyl (C=O) groups is 2. The number of aliphatic imine (C=N–C) groups is 1. The summed E-state index contributed by atoms with van der Waals surface area (Å²) in [6.07, 6.45) is -2.18. The molecule has 0 bridgehead atoms. The summed E-state index contributed by atoms with van der Waals surface area (Å²) in [6, 6.07) is 27.1. The van der Waals surface area contributed by atoms with Crippen LogP contribution in [-0.2, 0) is 25.6 Å². The summed E-state index contributed by atoms with van der Waals surface area (Å²) in [5.41, 5.74) is 1.82. The number of ether oxygens (including phenoxy) is 4. The van der Waals surface area contributed by atoms with Gasteiger partial charge >= 0.3 is 11.9 Å². The van der Waals surface area contributed by atoms with Crippen LogP contribution in [0, 0.1) is 5.92 Å². The fourth-order valence-electron chi connectivity index (χ4n) is 4.77. The SMILES string of the molecule is CN(C)C1=N[C@@H]2[C@@H](OC(=O)c3ccccc3)[C@H](OC(=O)c3ccccc3)[C@@H](COCc3ccccc3)[C@@H]2O1. The van der Waals surface area contributed by atoms with Crippen molar-refractivity contribution in [2.45, 2.75) is 31.0 Å². The Bertz CT molecular complexity index is 1270. The van der Waals surface area contributed by atoms with E-state index < -0.39 is 42.2 Å². The van der Waals surface area contributed by atoms with E-state index in [2.05, 4.69) is 0 Å². The number of hydrogen-bond acceptors (Lipinski definition) is 8. The first kappa shape index (κ1) is 25.5. The molecule has 3 aromatic rings. The minimum atomic E-state index is -0.858. The third kappa shape index (κ3) is 5.55. The summed E-state index contributed by atoms with van der Waals surface area (Å²) in [6.45, 7) is 0.600. The summed E-state index contributed by atoms with van der Waals surface area (Å²) in [5, 5.41) is 0. The average molecular weight is 515 g/mol. The Hall–Kier alpha value is -4.17. The fourth-order valence-corrected chi connectivity index (χ4v) is 4.77. The van der Waals surface area contributed by atoms with Crippen LogP contribution < -0.4 is 0 Å². The first-order valence-corrected chi connectivity index (χ1v) is 12.6. The van der Waals surface area contributed by atoms with Crippen LogP contribution in [-0.4, -0.2) is 67.9 Å². The monoisotopic (exact) mass is 514 g/mol. The molecule has 1 fully saturated rings. The first-order chi connectivity index (χ1) is 18.5. The van der Waals surface area contributed by atoms with Gasteiger partial charge < -0.3 is 23.8 Å². The van der Waals surface area contributed by atoms with Gasteiger partial charge in [-0.25, -0.2) is 14.6 Å². The number of hydrogen-bond donors (Lipinski definition) is 0. The van der Waals surface area contributed by atoms with Crippen molar-refractivity contribution in [2.24, 2.45) is 10.9 Å². The smallest absolute Gasteiger partial charge is 0.338 e. The Balaban J connectivity index is 1.43. The van der Waals surface area contributed by atoms with E-state index in [0.717, 1.165) is 5.56 Å². The van der Waals surface area contributed by atoms with E-state index in [4.69, 9.17) is 23.9 Å². The normalized spacial score (nSPS) is 23.6. The summed E-state index contributed by atoms with van der Waals surface area (Å²) < 4.78 is 24.3. The zero-order chi connectivity index (χ0) is 26.5. The quantitative estimate of drug-likeness (QED) is 0.421. The lowest BCUT2D eigenvalue weighted by atomic mass is 10.0. The molecule has 3 aromatic carbocycles. The highest BCUT2D eigenvalue weighted by Crippen LogP contribution is 2.40. The van der Waals surface area contributed by atoms with Gasteiger partial charge in [0.15, 0.2) is 6.10 Å². The second-order valence-electron chi connectivity index (χ2n) is 9.52. The number of nitrogens with zero attached hydrogens (tertiary/aromatic N) is 2. The van der Waals surface area contributed by atoms with E-state index in [1.54, 1.807) is 53.4 Å². The molecule has 5 atom stereocenters. The molecule has 0 saturated heterocycles. The first-order valence-electron chi connectivity index (χ1n) is 12.6.